The largest absolute Gasteiger partial charge is 0.351 e. The lowest BCUT2D eigenvalue weighted by atomic mass is 10.1. The highest BCUT2D eigenvalue weighted by molar-refractivity contribution is 7.88. The van der Waals surface area contributed by atoms with Crippen LogP contribution in [0.1, 0.15) is 16.7 Å². The van der Waals surface area contributed by atoms with E-state index in [1.165, 1.54) is 0 Å². The summed E-state index contributed by atoms with van der Waals surface area (Å²) in [6.07, 6.45) is 1.08. The van der Waals surface area contributed by atoms with Gasteiger partial charge in [0.2, 0.25) is 15.9 Å². The maximum Gasteiger partial charge on any atom is 0.235 e. The van der Waals surface area contributed by atoms with Crippen LogP contribution in [0.3, 0.4) is 0 Å². The van der Waals surface area contributed by atoms with E-state index in [2.05, 4.69) is 5.32 Å². The van der Waals surface area contributed by atoms with E-state index in [0.717, 1.165) is 21.7 Å². The minimum absolute atomic E-state index is 0.0520. The topological polar surface area (TPSA) is 66.5 Å². The molecule has 0 bridgehead atoms. The lowest BCUT2D eigenvalue weighted by molar-refractivity contribution is -0.121. The van der Waals surface area contributed by atoms with Gasteiger partial charge in [-0.1, -0.05) is 59.6 Å². The van der Waals surface area contributed by atoms with Crippen LogP contribution in [0.25, 0.3) is 0 Å². The lowest BCUT2D eigenvalue weighted by Crippen LogP contribution is -2.39. The van der Waals surface area contributed by atoms with Gasteiger partial charge in [-0.3, -0.25) is 4.79 Å². The number of benzene rings is 2. The van der Waals surface area contributed by atoms with Gasteiger partial charge in [0.15, 0.2) is 0 Å². The number of rotatable bonds is 7. The average molecular weight is 381 g/mol. The molecule has 2 rings (SSSR count). The summed E-state index contributed by atoms with van der Waals surface area (Å²) in [6.45, 7) is 2.14. The van der Waals surface area contributed by atoms with Gasteiger partial charge in [-0.25, -0.2) is 8.42 Å². The minimum Gasteiger partial charge on any atom is -0.351 e. The average Bonchev–Trinajstić information content (AvgIpc) is 2.55. The molecule has 2 aromatic rings. The summed E-state index contributed by atoms with van der Waals surface area (Å²) in [5.74, 6) is -0.363. The molecule has 25 heavy (non-hydrogen) atoms. The first-order chi connectivity index (χ1) is 11.8. The van der Waals surface area contributed by atoms with Crippen LogP contribution in [0.2, 0.25) is 5.02 Å². The number of halogens is 1. The lowest BCUT2D eigenvalue weighted by Gasteiger charge is -2.20. The van der Waals surface area contributed by atoms with Gasteiger partial charge in [0.1, 0.15) is 0 Å². The standard InChI is InChI=1S/C18H21ClN2O3S/c1-14-7-9-15(10-8-14)11-20-18(22)13-21(25(2,23)24)12-16-5-3-4-6-17(16)19/h3-10H,11-13H2,1-2H3,(H,20,22). The molecule has 1 amide bonds. The van der Waals surface area contributed by atoms with Gasteiger partial charge in [-0.15, -0.1) is 0 Å². The fourth-order valence-electron chi connectivity index (χ4n) is 2.23. The molecular formula is C18H21ClN2O3S. The van der Waals surface area contributed by atoms with Crippen molar-refractivity contribution in [2.45, 2.75) is 20.0 Å². The van der Waals surface area contributed by atoms with Crippen LogP contribution >= 0.6 is 11.6 Å². The Balaban J connectivity index is 2.00. The Bertz CT molecular complexity index is 836. The van der Waals surface area contributed by atoms with E-state index >= 15 is 0 Å². The van der Waals surface area contributed by atoms with Crippen LogP contribution in [0.5, 0.6) is 0 Å². The number of hydrogen-bond donors (Lipinski definition) is 1. The fraction of sp³-hybridized carbons (Fsp3) is 0.278. The number of carbonyl (C=O) groups is 1. The van der Waals surface area contributed by atoms with Crippen LogP contribution < -0.4 is 5.32 Å². The molecule has 0 aliphatic carbocycles. The van der Waals surface area contributed by atoms with Crippen molar-refractivity contribution in [1.29, 1.82) is 0 Å². The van der Waals surface area contributed by atoms with Crippen molar-refractivity contribution in [3.8, 4) is 0 Å². The molecule has 0 saturated heterocycles. The van der Waals surface area contributed by atoms with Crippen molar-refractivity contribution in [2.24, 2.45) is 0 Å². The highest BCUT2D eigenvalue weighted by Crippen LogP contribution is 2.18. The molecule has 0 heterocycles. The van der Waals surface area contributed by atoms with Crippen molar-refractivity contribution in [2.75, 3.05) is 12.8 Å². The number of aryl methyl sites for hydroxylation is 1. The SMILES string of the molecule is Cc1ccc(CNC(=O)CN(Cc2ccccc2Cl)S(C)(=O)=O)cc1. The Hall–Kier alpha value is -1.89. The molecule has 0 unspecified atom stereocenters. The van der Waals surface area contributed by atoms with E-state index in [4.69, 9.17) is 11.6 Å². The van der Waals surface area contributed by atoms with Gasteiger partial charge in [0.05, 0.1) is 12.8 Å². The monoisotopic (exact) mass is 380 g/mol. The number of nitrogens with one attached hydrogen (secondary N) is 1. The Labute approximate surface area is 153 Å². The predicted molar refractivity (Wildman–Crippen MR) is 99.7 cm³/mol. The molecule has 134 valence electrons. The smallest absolute Gasteiger partial charge is 0.235 e. The normalized spacial score (nSPS) is 11.5. The fourth-order valence-corrected chi connectivity index (χ4v) is 3.15. The molecule has 0 radical (unpaired) electrons. The number of nitrogens with zero attached hydrogens (tertiary/aromatic N) is 1. The summed E-state index contributed by atoms with van der Waals surface area (Å²) in [5.41, 5.74) is 2.75. The third kappa shape index (κ3) is 6.16. The van der Waals surface area contributed by atoms with Crippen molar-refractivity contribution >= 4 is 27.5 Å². The summed E-state index contributed by atoms with van der Waals surface area (Å²) < 4.78 is 25.1. The van der Waals surface area contributed by atoms with E-state index < -0.39 is 10.0 Å². The van der Waals surface area contributed by atoms with E-state index in [-0.39, 0.29) is 19.0 Å². The van der Waals surface area contributed by atoms with Gasteiger partial charge in [-0.05, 0) is 24.1 Å². The maximum absolute atomic E-state index is 12.2. The predicted octanol–water partition coefficient (Wildman–Crippen LogP) is 2.73. The number of hydrogen-bond acceptors (Lipinski definition) is 3. The molecule has 0 saturated carbocycles. The third-order valence-electron chi connectivity index (χ3n) is 3.70. The van der Waals surface area contributed by atoms with Gasteiger partial charge in [0, 0.05) is 18.1 Å². The van der Waals surface area contributed by atoms with Crippen LogP contribution in [0, 0.1) is 6.92 Å². The molecule has 1 N–H and O–H groups in total. The first kappa shape index (κ1) is 19.4. The zero-order valence-electron chi connectivity index (χ0n) is 14.2. The number of carbonyl (C=O) groups excluding carboxylic acids is 1. The van der Waals surface area contributed by atoms with Crippen molar-refractivity contribution in [3.63, 3.8) is 0 Å². The zero-order valence-corrected chi connectivity index (χ0v) is 15.8. The molecule has 0 aliphatic heterocycles. The highest BCUT2D eigenvalue weighted by atomic mass is 35.5. The van der Waals surface area contributed by atoms with Crippen molar-refractivity contribution in [3.05, 3.63) is 70.2 Å². The highest BCUT2D eigenvalue weighted by Gasteiger charge is 2.21. The minimum atomic E-state index is -3.55. The van der Waals surface area contributed by atoms with E-state index in [1.807, 2.05) is 31.2 Å². The van der Waals surface area contributed by atoms with Crippen LogP contribution in [0.15, 0.2) is 48.5 Å². The zero-order chi connectivity index (χ0) is 18.4. The molecule has 0 aromatic heterocycles. The molecular weight excluding hydrogens is 360 g/mol. The first-order valence-electron chi connectivity index (χ1n) is 7.76. The van der Waals surface area contributed by atoms with E-state index in [0.29, 0.717) is 17.1 Å². The molecule has 7 heteroatoms. The summed E-state index contributed by atoms with van der Waals surface area (Å²) in [7, 11) is -3.55. The maximum atomic E-state index is 12.2. The summed E-state index contributed by atoms with van der Waals surface area (Å²) in [6, 6.07) is 14.7. The van der Waals surface area contributed by atoms with Crippen LogP contribution in [-0.2, 0) is 27.9 Å². The first-order valence-corrected chi connectivity index (χ1v) is 9.99. The van der Waals surface area contributed by atoms with Crippen molar-refractivity contribution < 1.29 is 13.2 Å². The summed E-state index contributed by atoms with van der Waals surface area (Å²) >= 11 is 6.09. The Morgan fingerprint density at radius 3 is 2.36 bits per heavy atom. The van der Waals surface area contributed by atoms with Crippen LogP contribution in [0.4, 0.5) is 0 Å². The Kier molecular flexibility index (Phi) is 6.58. The second-order valence-corrected chi connectivity index (χ2v) is 8.27. The Morgan fingerprint density at radius 1 is 1.12 bits per heavy atom. The number of amides is 1. The van der Waals surface area contributed by atoms with Gasteiger partial charge in [0.25, 0.3) is 0 Å². The second kappa shape index (κ2) is 8.47. The molecule has 2 aromatic carbocycles. The van der Waals surface area contributed by atoms with E-state index in [9.17, 15) is 13.2 Å². The van der Waals surface area contributed by atoms with Gasteiger partial charge >= 0.3 is 0 Å². The van der Waals surface area contributed by atoms with Gasteiger partial charge < -0.3 is 5.32 Å². The second-order valence-electron chi connectivity index (χ2n) is 5.88. The third-order valence-corrected chi connectivity index (χ3v) is 5.27. The number of sulfonamides is 1. The van der Waals surface area contributed by atoms with Gasteiger partial charge in [-0.2, -0.15) is 4.31 Å². The van der Waals surface area contributed by atoms with Crippen LogP contribution in [-0.4, -0.2) is 31.4 Å². The molecule has 5 nitrogen and oxygen atoms in total. The summed E-state index contributed by atoms with van der Waals surface area (Å²) in [5, 5.41) is 3.21. The van der Waals surface area contributed by atoms with Crippen molar-refractivity contribution in [1.82, 2.24) is 9.62 Å². The molecule has 0 atom stereocenters. The summed E-state index contributed by atoms with van der Waals surface area (Å²) in [4.78, 5) is 12.2. The quantitative estimate of drug-likeness (QED) is 0.803. The molecule has 0 fully saturated rings. The van der Waals surface area contributed by atoms with E-state index in [1.54, 1.807) is 24.3 Å². The molecule has 0 spiro atoms. The Morgan fingerprint density at radius 2 is 1.76 bits per heavy atom. The molecule has 0 aliphatic rings.